The molecule has 35 heavy (non-hydrogen) atoms. The molecule has 1 amide bonds. The van der Waals surface area contributed by atoms with Crippen molar-refractivity contribution in [2.75, 3.05) is 19.8 Å². The van der Waals surface area contributed by atoms with Gasteiger partial charge in [-0.1, -0.05) is 36.4 Å². The Bertz CT molecular complexity index is 1220. The van der Waals surface area contributed by atoms with Crippen molar-refractivity contribution in [3.63, 3.8) is 0 Å². The lowest BCUT2D eigenvalue weighted by atomic mass is 9.95. The number of carbonyl (C=O) groups excluding carboxylic acids is 2. The fourth-order valence-corrected chi connectivity index (χ4v) is 4.25. The summed E-state index contributed by atoms with van der Waals surface area (Å²) in [4.78, 5) is 31.9. The second-order valence-electron chi connectivity index (χ2n) is 8.04. The van der Waals surface area contributed by atoms with Crippen LogP contribution in [-0.2, 0) is 16.0 Å². The zero-order chi connectivity index (χ0) is 24.8. The fraction of sp³-hybridized carbons (Fsp3) is 0.250. The predicted octanol–water partition coefficient (Wildman–Crippen LogP) is 4.54. The van der Waals surface area contributed by atoms with Gasteiger partial charge >= 0.3 is 0 Å². The number of carbonyl (C=O) groups is 2. The summed E-state index contributed by atoms with van der Waals surface area (Å²) in [6.07, 6.45) is 3.62. The van der Waals surface area contributed by atoms with Crippen LogP contribution < -0.4 is 9.47 Å². The number of amides is 1. The molecule has 1 atom stereocenters. The monoisotopic (exact) mass is 472 g/mol. The van der Waals surface area contributed by atoms with Gasteiger partial charge in [0.05, 0.1) is 24.8 Å². The Balaban J connectivity index is 1.81. The number of Topliss-reactive ketones (excluding diaryl/α,β-unsaturated/α-hetero) is 1. The van der Waals surface area contributed by atoms with Crippen LogP contribution in [0.25, 0.3) is 5.76 Å². The van der Waals surface area contributed by atoms with Gasteiger partial charge in [-0.2, -0.15) is 0 Å². The van der Waals surface area contributed by atoms with Crippen LogP contribution in [0.4, 0.5) is 0 Å². The molecule has 7 nitrogen and oxygen atoms in total. The van der Waals surface area contributed by atoms with Crippen molar-refractivity contribution in [2.45, 2.75) is 26.3 Å². The van der Waals surface area contributed by atoms with Crippen molar-refractivity contribution in [2.24, 2.45) is 0 Å². The first-order chi connectivity index (χ1) is 17.0. The van der Waals surface area contributed by atoms with Gasteiger partial charge in [0.15, 0.2) is 11.5 Å². The van der Waals surface area contributed by atoms with Crippen LogP contribution >= 0.6 is 0 Å². The Morgan fingerprint density at radius 2 is 1.63 bits per heavy atom. The lowest BCUT2D eigenvalue weighted by molar-refractivity contribution is -0.139. The van der Waals surface area contributed by atoms with Crippen molar-refractivity contribution in [1.82, 2.24) is 9.88 Å². The van der Waals surface area contributed by atoms with Gasteiger partial charge in [-0.25, -0.2) is 0 Å². The smallest absolute Gasteiger partial charge is 0.295 e. The maximum absolute atomic E-state index is 13.2. The average molecular weight is 473 g/mol. The van der Waals surface area contributed by atoms with Gasteiger partial charge in [-0.05, 0) is 55.7 Å². The van der Waals surface area contributed by atoms with E-state index in [1.54, 1.807) is 30.3 Å². The summed E-state index contributed by atoms with van der Waals surface area (Å²) < 4.78 is 11.5. The topological polar surface area (TPSA) is 89.0 Å². The number of ketones is 1. The van der Waals surface area contributed by atoms with Gasteiger partial charge in [-0.15, -0.1) is 0 Å². The molecule has 2 heterocycles. The molecule has 1 N–H and O–H groups in total. The van der Waals surface area contributed by atoms with E-state index in [4.69, 9.17) is 9.47 Å². The quantitative estimate of drug-likeness (QED) is 0.279. The molecule has 180 valence electrons. The Labute approximate surface area is 204 Å². The highest BCUT2D eigenvalue weighted by molar-refractivity contribution is 6.46. The van der Waals surface area contributed by atoms with E-state index >= 15 is 0 Å². The largest absolute Gasteiger partial charge is 0.507 e. The first-order valence-electron chi connectivity index (χ1n) is 11.7. The third-order valence-corrected chi connectivity index (χ3v) is 5.86. The summed E-state index contributed by atoms with van der Waals surface area (Å²) in [7, 11) is 0. The van der Waals surface area contributed by atoms with Crippen molar-refractivity contribution >= 4 is 17.4 Å². The van der Waals surface area contributed by atoms with Gasteiger partial charge < -0.3 is 19.5 Å². The fourth-order valence-electron chi connectivity index (χ4n) is 4.25. The molecule has 2 aromatic carbocycles. The summed E-state index contributed by atoms with van der Waals surface area (Å²) in [5.74, 6) is -0.500. The van der Waals surface area contributed by atoms with E-state index in [9.17, 15) is 14.7 Å². The number of hydrogen-bond donors (Lipinski definition) is 1. The second kappa shape index (κ2) is 10.9. The number of hydrogen-bond acceptors (Lipinski definition) is 6. The molecule has 3 aromatic rings. The van der Waals surface area contributed by atoms with E-state index in [0.29, 0.717) is 48.8 Å². The zero-order valence-corrected chi connectivity index (χ0v) is 19.8. The van der Waals surface area contributed by atoms with E-state index in [1.165, 1.54) is 17.3 Å². The van der Waals surface area contributed by atoms with Crippen LogP contribution in [0, 0.1) is 0 Å². The molecule has 1 aliphatic heterocycles. The van der Waals surface area contributed by atoms with Crippen LogP contribution in [0.1, 0.15) is 36.6 Å². The first kappa shape index (κ1) is 24.0. The lowest BCUT2D eigenvalue weighted by Crippen LogP contribution is -2.31. The zero-order valence-electron chi connectivity index (χ0n) is 19.8. The lowest BCUT2D eigenvalue weighted by Gasteiger charge is -2.26. The highest BCUT2D eigenvalue weighted by atomic mass is 16.5. The predicted molar refractivity (Wildman–Crippen MR) is 132 cm³/mol. The molecule has 0 saturated carbocycles. The van der Waals surface area contributed by atoms with Crippen molar-refractivity contribution in [3.05, 3.63) is 95.3 Å². The Morgan fingerprint density at radius 3 is 2.31 bits per heavy atom. The molecule has 7 heteroatoms. The summed E-state index contributed by atoms with van der Waals surface area (Å²) in [5, 5.41) is 11.2. The highest BCUT2D eigenvalue weighted by Gasteiger charge is 2.46. The third kappa shape index (κ3) is 5.04. The molecule has 1 fully saturated rings. The molecule has 4 rings (SSSR count). The molecular formula is C28H28N2O5. The summed E-state index contributed by atoms with van der Waals surface area (Å²) >= 11 is 0. The number of benzene rings is 2. The molecule has 0 spiro atoms. The molecule has 1 aromatic heterocycles. The van der Waals surface area contributed by atoms with E-state index in [2.05, 4.69) is 4.98 Å². The Morgan fingerprint density at radius 1 is 0.943 bits per heavy atom. The molecule has 1 saturated heterocycles. The standard InChI is InChI=1S/C28H28N2O5/c1-3-34-22-11-10-21(18-23(22)35-4-2)25-24(26(31)20-12-15-29-16-13-20)27(32)28(33)30(25)17-14-19-8-6-5-7-9-19/h5-13,15-16,18,25,31H,3-4,14,17H2,1-2H3/b26-24+. The maximum Gasteiger partial charge on any atom is 0.295 e. The molecule has 0 bridgehead atoms. The van der Waals surface area contributed by atoms with Crippen molar-refractivity contribution < 1.29 is 24.2 Å². The van der Waals surface area contributed by atoms with Crippen LogP contribution in [0.15, 0.2) is 78.6 Å². The minimum Gasteiger partial charge on any atom is -0.507 e. The summed E-state index contributed by atoms with van der Waals surface area (Å²) in [6, 6.07) is 17.5. The van der Waals surface area contributed by atoms with Crippen LogP contribution in [-0.4, -0.2) is 46.4 Å². The SMILES string of the molecule is CCOc1ccc(C2/C(=C(\O)c3ccncc3)C(=O)C(=O)N2CCc2ccccc2)cc1OCC. The summed E-state index contributed by atoms with van der Waals surface area (Å²) in [6.45, 7) is 4.96. The van der Waals surface area contributed by atoms with Gasteiger partial charge in [0.1, 0.15) is 5.76 Å². The van der Waals surface area contributed by atoms with Crippen molar-refractivity contribution in [1.29, 1.82) is 0 Å². The maximum atomic E-state index is 13.2. The number of nitrogens with zero attached hydrogens (tertiary/aromatic N) is 2. The van der Waals surface area contributed by atoms with Gasteiger partial charge in [0.2, 0.25) is 0 Å². The minimum absolute atomic E-state index is 0.0425. The van der Waals surface area contributed by atoms with Crippen LogP contribution in [0.2, 0.25) is 0 Å². The number of likely N-dealkylation sites (tertiary alicyclic amines) is 1. The normalized spacial score (nSPS) is 17.0. The number of aliphatic hydroxyl groups excluding tert-OH is 1. The molecule has 1 unspecified atom stereocenters. The molecule has 0 aliphatic carbocycles. The van der Waals surface area contributed by atoms with Crippen molar-refractivity contribution in [3.8, 4) is 11.5 Å². The number of aromatic nitrogens is 1. The first-order valence-corrected chi connectivity index (χ1v) is 11.7. The summed E-state index contributed by atoms with van der Waals surface area (Å²) in [5.41, 5.74) is 2.16. The average Bonchev–Trinajstić information content (AvgIpc) is 3.14. The molecular weight excluding hydrogens is 444 g/mol. The Kier molecular flexibility index (Phi) is 7.45. The molecule has 1 aliphatic rings. The van der Waals surface area contributed by atoms with E-state index in [-0.39, 0.29) is 11.3 Å². The third-order valence-electron chi connectivity index (χ3n) is 5.86. The Hall–Kier alpha value is -4.13. The van der Waals surface area contributed by atoms with E-state index < -0.39 is 17.7 Å². The highest BCUT2D eigenvalue weighted by Crippen LogP contribution is 2.42. The molecule has 0 radical (unpaired) electrons. The van der Waals surface area contributed by atoms with E-state index in [0.717, 1.165) is 5.56 Å². The number of ether oxygens (including phenoxy) is 2. The van der Waals surface area contributed by atoms with Gasteiger partial charge in [0, 0.05) is 24.5 Å². The minimum atomic E-state index is -0.776. The number of pyridine rings is 1. The van der Waals surface area contributed by atoms with Gasteiger partial charge in [-0.3, -0.25) is 14.6 Å². The second-order valence-corrected chi connectivity index (χ2v) is 8.04. The number of aliphatic hydroxyl groups is 1. The van der Waals surface area contributed by atoms with Crippen LogP contribution in [0.3, 0.4) is 0 Å². The number of rotatable bonds is 9. The van der Waals surface area contributed by atoms with Crippen LogP contribution in [0.5, 0.6) is 11.5 Å². The van der Waals surface area contributed by atoms with Gasteiger partial charge in [0.25, 0.3) is 11.7 Å². The van der Waals surface area contributed by atoms with E-state index in [1.807, 2.05) is 44.2 Å².